The van der Waals surface area contributed by atoms with Gasteiger partial charge in [0.25, 0.3) is 0 Å². The van der Waals surface area contributed by atoms with Crippen LogP contribution in [0, 0.1) is 11.8 Å². The molecular formula is C12H18N2O5. The van der Waals surface area contributed by atoms with E-state index in [-0.39, 0.29) is 37.4 Å². The molecule has 0 aromatic heterocycles. The summed E-state index contributed by atoms with van der Waals surface area (Å²) in [5, 5.41) is 11.8. The summed E-state index contributed by atoms with van der Waals surface area (Å²) in [4.78, 5) is 36.2. The fourth-order valence-electron chi connectivity index (χ4n) is 2.65. The molecule has 0 saturated carbocycles. The normalized spacial score (nSPS) is 30.2. The summed E-state index contributed by atoms with van der Waals surface area (Å²) < 4.78 is 5.19. The Balaban J connectivity index is 2.08. The predicted molar refractivity (Wildman–Crippen MR) is 64.2 cm³/mol. The Morgan fingerprint density at radius 3 is 2.74 bits per heavy atom. The Kier molecular flexibility index (Phi) is 4.04. The summed E-state index contributed by atoms with van der Waals surface area (Å²) in [6.45, 7) is 2.93. The number of carbonyl (C=O) groups is 3. The Hall–Kier alpha value is -1.63. The van der Waals surface area contributed by atoms with Crippen molar-refractivity contribution in [1.29, 1.82) is 0 Å². The lowest BCUT2D eigenvalue weighted by molar-refractivity contribution is -0.146. The molecule has 7 heteroatoms. The Bertz CT molecular complexity index is 398. The van der Waals surface area contributed by atoms with Gasteiger partial charge >= 0.3 is 5.97 Å². The van der Waals surface area contributed by atoms with E-state index in [1.54, 1.807) is 6.92 Å². The highest BCUT2D eigenvalue weighted by molar-refractivity contribution is 5.89. The van der Waals surface area contributed by atoms with Crippen LogP contribution in [0.3, 0.4) is 0 Å². The first-order chi connectivity index (χ1) is 9.04. The fourth-order valence-corrected chi connectivity index (χ4v) is 2.65. The number of carboxylic acids is 1. The van der Waals surface area contributed by atoms with Gasteiger partial charge in [0.1, 0.15) is 5.92 Å². The lowest BCUT2D eigenvalue weighted by Crippen LogP contribution is -2.49. The highest BCUT2D eigenvalue weighted by Gasteiger charge is 2.42. The van der Waals surface area contributed by atoms with Crippen LogP contribution in [0.25, 0.3) is 0 Å². The van der Waals surface area contributed by atoms with Gasteiger partial charge in [-0.1, -0.05) is 0 Å². The summed E-state index contributed by atoms with van der Waals surface area (Å²) in [6, 6.07) is -0.439. The first-order valence-corrected chi connectivity index (χ1v) is 6.42. The van der Waals surface area contributed by atoms with Crippen molar-refractivity contribution in [3.63, 3.8) is 0 Å². The maximum absolute atomic E-state index is 12.4. The largest absolute Gasteiger partial charge is 0.481 e. The molecule has 106 valence electrons. The second-order valence-corrected chi connectivity index (χ2v) is 4.88. The number of amides is 2. The first kappa shape index (κ1) is 13.8. The van der Waals surface area contributed by atoms with Gasteiger partial charge in [0.15, 0.2) is 0 Å². The average molecular weight is 270 g/mol. The lowest BCUT2D eigenvalue weighted by Gasteiger charge is -2.31. The van der Waals surface area contributed by atoms with Gasteiger partial charge < -0.3 is 20.1 Å². The van der Waals surface area contributed by atoms with E-state index in [9.17, 15) is 14.4 Å². The zero-order chi connectivity index (χ0) is 14.0. The molecule has 2 aliphatic heterocycles. The lowest BCUT2D eigenvalue weighted by atomic mass is 9.99. The molecule has 0 bridgehead atoms. The number of aliphatic carboxylic acids is 1. The Morgan fingerprint density at radius 2 is 2.21 bits per heavy atom. The zero-order valence-corrected chi connectivity index (χ0v) is 10.8. The van der Waals surface area contributed by atoms with Crippen molar-refractivity contribution in [2.75, 3.05) is 26.3 Å². The van der Waals surface area contributed by atoms with Gasteiger partial charge in [0, 0.05) is 19.5 Å². The molecule has 2 heterocycles. The number of hydrogen-bond acceptors (Lipinski definition) is 4. The van der Waals surface area contributed by atoms with Gasteiger partial charge in [0.2, 0.25) is 11.8 Å². The van der Waals surface area contributed by atoms with Crippen molar-refractivity contribution in [1.82, 2.24) is 10.2 Å². The van der Waals surface area contributed by atoms with Crippen LogP contribution >= 0.6 is 0 Å². The highest BCUT2D eigenvalue weighted by atomic mass is 16.5. The summed E-state index contributed by atoms with van der Waals surface area (Å²) in [7, 11) is 0. The summed E-state index contributed by atoms with van der Waals surface area (Å²) in [5.41, 5.74) is 0. The summed E-state index contributed by atoms with van der Waals surface area (Å²) in [6.07, 6.45) is 0.181. The van der Waals surface area contributed by atoms with Gasteiger partial charge in [-0.05, 0) is 6.92 Å². The second kappa shape index (κ2) is 5.56. The molecule has 2 rings (SSSR count). The second-order valence-electron chi connectivity index (χ2n) is 4.88. The zero-order valence-electron chi connectivity index (χ0n) is 10.8. The van der Waals surface area contributed by atoms with Crippen molar-refractivity contribution in [2.45, 2.75) is 19.4 Å². The number of nitrogens with one attached hydrogen (secondary N) is 1. The Labute approximate surface area is 110 Å². The van der Waals surface area contributed by atoms with E-state index in [0.717, 1.165) is 0 Å². The van der Waals surface area contributed by atoms with Crippen LogP contribution < -0.4 is 5.32 Å². The van der Waals surface area contributed by atoms with Crippen molar-refractivity contribution in [3.8, 4) is 0 Å². The molecule has 2 saturated heterocycles. The number of hydrogen-bond donors (Lipinski definition) is 2. The quantitative estimate of drug-likeness (QED) is 0.688. The van der Waals surface area contributed by atoms with E-state index in [1.807, 2.05) is 0 Å². The van der Waals surface area contributed by atoms with Crippen LogP contribution in [0.4, 0.5) is 0 Å². The van der Waals surface area contributed by atoms with Crippen LogP contribution in [0.15, 0.2) is 0 Å². The molecule has 2 amide bonds. The molecule has 3 unspecified atom stereocenters. The van der Waals surface area contributed by atoms with E-state index in [2.05, 4.69) is 5.32 Å². The smallest absolute Gasteiger partial charge is 0.311 e. The SMILES string of the molecule is CCN(C(=O)C1CNC(=O)C1)C1COCC1C(=O)O. The third-order valence-electron chi connectivity index (χ3n) is 3.72. The third-order valence-corrected chi connectivity index (χ3v) is 3.72. The number of carbonyl (C=O) groups excluding carboxylic acids is 2. The van der Waals surface area contributed by atoms with E-state index < -0.39 is 17.9 Å². The molecule has 0 aromatic carbocycles. The molecule has 0 aromatic rings. The minimum absolute atomic E-state index is 0.131. The van der Waals surface area contributed by atoms with Gasteiger partial charge in [0.05, 0.1) is 25.2 Å². The van der Waals surface area contributed by atoms with Gasteiger partial charge in [-0.15, -0.1) is 0 Å². The molecular weight excluding hydrogens is 252 g/mol. The van der Waals surface area contributed by atoms with Crippen LogP contribution in [0.5, 0.6) is 0 Å². The minimum Gasteiger partial charge on any atom is -0.481 e. The number of carboxylic acid groups (broad SMARTS) is 1. The maximum Gasteiger partial charge on any atom is 0.311 e. The standard InChI is InChI=1S/C12H18N2O5/c1-2-14(9-6-19-5-8(9)12(17)18)11(16)7-3-10(15)13-4-7/h7-9H,2-6H2,1H3,(H,13,15)(H,17,18). The topological polar surface area (TPSA) is 95.9 Å². The summed E-state index contributed by atoms with van der Waals surface area (Å²) >= 11 is 0. The van der Waals surface area contributed by atoms with Crippen LogP contribution in [0.1, 0.15) is 13.3 Å². The molecule has 2 N–H and O–H groups in total. The average Bonchev–Trinajstić information content (AvgIpc) is 2.98. The van der Waals surface area contributed by atoms with Gasteiger partial charge in [-0.2, -0.15) is 0 Å². The maximum atomic E-state index is 12.4. The number of likely N-dealkylation sites (N-methyl/N-ethyl adjacent to an activating group) is 1. The molecule has 3 atom stereocenters. The van der Waals surface area contributed by atoms with E-state index in [4.69, 9.17) is 9.84 Å². The fraction of sp³-hybridized carbons (Fsp3) is 0.750. The third kappa shape index (κ3) is 2.70. The summed E-state index contributed by atoms with van der Waals surface area (Å²) in [5.74, 6) is -2.32. The minimum atomic E-state index is -0.950. The Morgan fingerprint density at radius 1 is 1.47 bits per heavy atom. The molecule has 0 spiro atoms. The highest BCUT2D eigenvalue weighted by Crippen LogP contribution is 2.23. The molecule has 7 nitrogen and oxygen atoms in total. The van der Waals surface area contributed by atoms with Crippen LogP contribution in [0.2, 0.25) is 0 Å². The van der Waals surface area contributed by atoms with Crippen molar-refractivity contribution >= 4 is 17.8 Å². The van der Waals surface area contributed by atoms with Crippen LogP contribution in [-0.4, -0.2) is 60.1 Å². The van der Waals surface area contributed by atoms with E-state index in [0.29, 0.717) is 13.1 Å². The van der Waals surface area contributed by atoms with Crippen molar-refractivity contribution in [3.05, 3.63) is 0 Å². The van der Waals surface area contributed by atoms with Gasteiger partial charge in [-0.3, -0.25) is 14.4 Å². The number of ether oxygens (including phenoxy) is 1. The number of nitrogens with zero attached hydrogens (tertiary/aromatic N) is 1. The monoisotopic (exact) mass is 270 g/mol. The molecule has 2 aliphatic rings. The molecule has 2 fully saturated rings. The van der Waals surface area contributed by atoms with E-state index in [1.165, 1.54) is 4.90 Å². The van der Waals surface area contributed by atoms with Gasteiger partial charge in [-0.25, -0.2) is 0 Å². The van der Waals surface area contributed by atoms with E-state index >= 15 is 0 Å². The first-order valence-electron chi connectivity index (χ1n) is 6.42. The van der Waals surface area contributed by atoms with Crippen molar-refractivity contribution < 1.29 is 24.2 Å². The molecule has 19 heavy (non-hydrogen) atoms. The number of rotatable bonds is 4. The van der Waals surface area contributed by atoms with Crippen LogP contribution in [-0.2, 0) is 19.1 Å². The molecule has 0 aliphatic carbocycles. The molecule has 0 radical (unpaired) electrons. The predicted octanol–water partition coefficient (Wildman–Crippen LogP) is -0.929. The van der Waals surface area contributed by atoms with Crippen molar-refractivity contribution in [2.24, 2.45) is 11.8 Å².